The van der Waals surface area contributed by atoms with Crippen LogP contribution in [0.1, 0.15) is 34.3 Å². The third-order valence-corrected chi connectivity index (χ3v) is 6.08. The zero-order chi connectivity index (χ0) is 24.2. The number of aromatic nitrogens is 1. The largest absolute Gasteiger partial charge is 0.488 e. The highest BCUT2D eigenvalue weighted by Crippen LogP contribution is 2.30. The van der Waals surface area contributed by atoms with E-state index in [1.807, 2.05) is 73.8 Å². The first-order valence-electron chi connectivity index (χ1n) is 11.5. The van der Waals surface area contributed by atoms with E-state index in [4.69, 9.17) is 9.47 Å². The number of H-pyrrole nitrogens is 1. The number of aliphatic imine (C=N–C) groups is 1. The fourth-order valence-electron chi connectivity index (χ4n) is 4.21. The number of amidine groups is 1. The molecule has 5 rings (SSSR count). The molecule has 0 saturated carbocycles. The fraction of sp³-hybridized carbons (Fsp3) is 0.179. The number of hydrogen-bond acceptors (Lipinski definition) is 5. The predicted molar refractivity (Wildman–Crippen MR) is 134 cm³/mol. The van der Waals surface area contributed by atoms with Crippen molar-refractivity contribution in [2.45, 2.75) is 25.6 Å². The maximum Gasteiger partial charge on any atom is 0.292 e. The van der Waals surface area contributed by atoms with Gasteiger partial charge in [-0.05, 0) is 29.3 Å². The van der Waals surface area contributed by atoms with Crippen LogP contribution in [0.2, 0.25) is 0 Å². The molecule has 7 heteroatoms. The van der Waals surface area contributed by atoms with Crippen LogP contribution in [0.15, 0.2) is 90.1 Å². The zero-order valence-electron chi connectivity index (χ0n) is 19.2. The van der Waals surface area contributed by atoms with Crippen LogP contribution in [0.3, 0.4) is 0 Å². The van der Waals surface area contributed by atoms with Crippen molar-refractivity contribution >= 4 is 28.6 Å². The summed E-state index contributed by atoms with van der Waals surface area (Å²) in [6.07, 6.45) is 1.17. The van der Waals surface area contributed by atoms with Gasteiger partial charge in [-0.1, -0.05) is 67.6 Å². The lowest BCUT2D eigenvalue weighted by molar-refractivity contribution is -0.124. The van der Waals surface area contributed by atoms with Gasteiger partial charge in [0.2, 0.25) is 0 Å². The van der Waals surface area contributed by atoms with Gasteiger partial charge in [-0.15, -0.1) is 0 Å². The highest BCUT2D eigenvalue weighted by Gasteiger charge is 2.37. The molecule has 0 aliphatic carbocycles. The number of carbonyl (C=O) groups excluding carboxylic acids is 2. The molecule has 0 radical (unpaired) electrons. The van der Waals surface area contributed by atoms with Crippen LogP contribution in [0.25, 0.3) is 10.9 Å². The lowest BCUT2D eigenvalue weighted by Gasteiger charge is -2.15. The Hall–Kier alpha value is -4.39. The number of para-hydroxylation sites is 2. The Morgan fingerprint density at radius 2 is 1.77 bits per heavy atom. The van der Waals surface area contributed by atoms with Gasteiger partial charge in [-0.25, -0.2) is 4.99 Å². The fourth-order valence-corrected chi connectivity index (χ4v) is 4.21. The molecule has 176 valence electrons. The average molecular weight is 468 g/mol. The van der Waals surface area contributed by atoms with Crippen molar-refractivity contribution in [2.75, 3.05) is 6.54 Å². The van der Waals surface area contributed by atoms with Gasteiger partial charge in [-0.3, -0.25) is 14.9 Å². The molecular formula is C28H25N3O4. The van der Waals surface area contributed by atoms with Gasteiger partial charge in [0.05, 0.1) is 5.56 Å². The summed E-state index contributed by atoms with van der Waals surface area (Å²) in [6, 6.07) is 24.8. The Balaban J connectivity index is 1.25. The topological polar surface area (TPSA) is 92.8 Å². The molecule has 4 aromatic rings. The third kappa shape index (κ3) is 4.80. The minimum Gasteiger partial charge on any atom is -0.488 e. The van der Waals surface area contributed by atoms with Crippen molar-refractivity contribution in [1.29, 1.82) is 0 Å². The van der Waals surface area contributed by atoms with E-state index in [-0.39, 0.29) is 30.2 Å². The minimum absolute atomic E-state index is 0.0581. The summed E-state index contributed by atoms with van der Waals surface area (Å²) in [5.74, 6) is -0.224. The van der Waals surface area contributed by atoms with E-state index < -0.39 is 6.10 Å². The van der Waals surface area contributed by atoms with E-state index in [0.29, 0.717) is 17.9 Å². The first kappa shape index (κ1) is 22.4. The number of carbonyl (C=O) groups is 2. The lowest BCUT2D eigenvalue weighted by Crippen LogP contribution is -2.28. The number of ketones is 1. The number of rotatable bonds is 8. The Kier molecular flexibility index (Phi) is 6.30. The quantitative estimate of drug-likeness (QED) is 0.370. The molecule has 7 nitrogen and oxygen atoms in total. The molecule has 1 aliphatic rings. The SMILES string of the molecule is C[C@H](c1c[nH]c2ccccc12)[C@@H]1OC(=NCC(=O)c2ccccc2OCc2ccccc2)NC1=O. The summed E-state index contributed by atoms with van der Waals surface area (Å²) in [4.78, 5) is 33.0. The highest BCUT2D eigenvalue weighted by molar-refractivity contribution is 6.05. The molecule has 2 atom stereocenters. The molecule has 1 aliphatic heterocycles. The van der Waals surface area contributed by atoms with Crippen molar-refractivity contribution < 1.29 is 19.1 Å². The van der Waals surface area contributed by atoms with E-state index in [1.54, 1.807) is 18.2 Å². The van der Waals surface area contributed by atoms with E-state index in [0.717, 1.165) is 22.0 Å². The summed E-state index contributed by atoms with van der Waals surface area (Å²) in [6.45, 7) is 2.12. The van der Waals surface area contributed by atoms with Crippen molar-refractivity contribution in [3.8, 4) is 5.75 Å². The number of amides is 1. The summed E-state index contributed by atoms with van der Waals surface area (Å²) in [5, 5.41) is 3.70. The molecule has 2 N–H and O–H groups in total. The minimum atomic E-state index is -0.732. The van der Waals surface area contributed by atoms with Crippen LogP contribution in [0.5, 0.6) is 5.75 Å². The molecule has 35 heavy (non-hydrogen) atoms. The van der Waals surface area contributed by atoms with Crippen LogP contribution in [-0.2, 0) is 16.1 Å². The average Bonchev–Trinajstić information content (AvgIpc) is 3.50. The summed E-state index contributed by atoms with van der Waals surface area (Å²) >= 11 is 0. The van der Waals surface area contributed by atoms with Crippen molar-refractivity contribution in [3.63, 3.8) is 0 Å². The molecule has 0 unspecified atom stereocenters. The molecule has 1 fully saturated rings. The molecule has 1 aromatic heterocycles. The zero-order valence-corrected chi connectivity index (χ0v) is 19.2. The van der Waals surface area contributed by atoms with E-state index in [1.165, 1.54) is 0 Å². The van der Waals surface area contributed by atoms with Gasteiger partial charge in [0.1, 0.15) is 18.9 Å². The van der Waals surface area contributed by atoms with Crippen molar-refractivity contribution in [2.24, 2.45) is 4.99 Å². The van der Waals surface area contributed by atoms with Gasteiger partial charge in [0, 0.05) is 23.0 Å². The van der Waals surface area contributed by atoms with Crippen LogP contribution in [0.4, 0.5) is 0 Å². The number of ether oxygens (including phenoxy) is 2. The molecule has 1 amide bonds. The highest BCUT2D eigenvalue weighted by atomic mass is 16.5. The van der Waals surface area contributed by atoms with Crippen molar-refractivity contribution in [3.05, 3.63) is 102 Å². The molecule has 0 spiro atoms. The van der Waals surface area contributed by atoms with Gasteiger partial charge in [-0.2, -0.15) is 0 Å². The first-order chi connectivity index (χ1) is 17.1. The first-order valence-corrected chi connectivity index (χ1v) is 11.5. The normalized spacial score (nSPS) is 17.2. The molecule has 2 heterocycles. The number of nitrogens with one attached hydrogen (secondary N) is 2. The summed E-state index contributed by atoms with van der Waals surface area (Å²) in [7, 11) is 0. The Morgan fingerprint density at radius 1 is 1.03 bits per heavy atom. The van der Waals surface area contributed by atoms with Gasteiger partial charge in [0.25, 0.3) is 11.9 Å². The van der Waals surface area contributed by atoms with Crippen LogP contribution in [0, 0.1) is 0 Å². The number of nitrogens with zero attached hydrogens (tertiary/aromatic N) is 1. The Bertz CT molecular complexity index is 1390. The van der Waals surface area contributed by atoms with Crippen LogP contribution >= 0.6 is 0 Å². The summed E-state index contributed by atoms with van der Waals surface area (Å²) < 4.78 is 11.7. The summed E-state index contributed by atoms with van der Waals surface area (Å²) in [5.41, 5.74) is 3.43. The molecule has 1 saturated heterocycles. The predicted octanol–water partition coefficient (Wildman–Crippen LogP) is 4.60. The number of aromatic amines is 1. The number of benzene rings is 3. The van der Waals surface area contributed by atoms with Crippen molar-refractivity contribution in [1.82, 2.24) is 10.3 Å². The second kappa shape index (κ2) is 9.85. The molecular weight excluding hydrogens is 442 g/mol. The number of fused-ring (bicyclic) bond motifs is 1. The Labute approximate surface area is 202 Å². The molecule has 3 aromatic carbocycles. The second-order valence-corrected chi connectivity index (χ2v) is 8.42. The van der Waals surface area contributed by atoms with Gasteiger partial charge < -0.3 is 14.5 Å². The van der Waals surface area contributed by atoms with E-state index in [9.17, 15) is 9.59 Å². The number of hydrogen-bond donors (Lipinski definition) is 2. The van der Waals surface area contributed by atoms with Gasteiger partial charge >= 0.3 is 0 Å². The standard InChI is InChI=1S/C28H25N3O4/c1-18(22-15-29-23-13-7-5-11-20(22)23)26-27(33)31-28(35-26)30-16-24(32)21-12-6-8-14-25(21)34-17-19-9-3-2-4-10-19/h2-15,18,26,29H,16-17H2,1H3,(H,30,31,33)/t18-,26+/m1/s1. The van der Waals surface area contributed by atoms with Crippen LogP contribution in [-0.4, -0.2) is 35.3 Å². The smallest absolute Gasteiger partial charge is 0.292 e. The number of Topliss-reactive ketones (excluding diaryl/α,β-unsaturated/α-hetero) is 1. The van der Waals surface area contributed by atoms with Gasteiger partial charge in [0.15, 0.2) is 11.9 Å². The van der Waals surface area contributed by atoms with Crippen LogP contribution < -0.4 is 10.1 Å². The second-order valence-electron chi connectivity index (χ2n) is 8.42. The van der Waals surface area contributed by atoms with E-state index >= 15 is 0 Å². The monoisotopic (exact) mass is 467 g/mol. The van der Waals surface area contributed by atoms with E-state index in [2.05, 4.69) is 15.3 Å². The third-order valence-electron chi connectivity index (χ3n) is 6.08. The lowest BCUT2D eigenvalue weighted by atomic mass is 9.94. The maximum atomic E-state index is 12.9. The maximum absolute atomic E-state index is 12.9. The molecule has 0 bridgehead atoms. The Morgan fingerprint density at radius 3 is 2.63 bits per heavy atom.